The first-order chi connectivity index (χ1) is 20.8. The fourth-order valence-electron chi connectivity index (χ4n) is 5.04. The molecular formula is C32H18Br8O4. The molecule has 226 valence electrons. The van der Waals surface area contributed by atoms with Crippen molar-refractivity contribution in [3.05, 3.63) is 142 Å². The number of rotatable bonds is 6. The molecule has 0 spiro atoms. The number of hydrogen-bond acceptors (Lipinski definition) is 4. The van der Waals surface area contributed by atoms with Crippen molar-refractivity contribution in [2.24, 2.45) is 0 Å². The number of phenols is 4. The van der Waals surface area contributed by atoms with Gasteiger partial charge in [0.25, 0.3) is 0 Å². The van der Waals surface area contributed by atoms with Gasteiger partial charge in [-0.25, -0.2) is 0 Å². The first-order valence-electron chi connectivity index (χ1n) is 12.6. The average molecular weight is 1110 g/mol. The van der Waals surface area contributed by atoms with Crippen molar-refractivity contribution in [1.82, 2.24) is 0 Å². The van der Waals surface area contributed by atoms with Crippen LogP contribution in [0.1, 0.15) is 45.2 Å². The molecule has 0 aliphatic rings. The van der Waals surface area contributed by atoms with Gasteiger partial charge in [0.15, 0.2) is 0 Å². The van der Waals surface area contributed by atoms with Crippen LogP contribution in [0.15, 0.2) is 109 Å². The van der Waals surface area contributed by atoms with E-state index in [-0.39, 0.29) is 34.8 Å². The summed E-state index contributed by atoms with van der Waals surface area (Å²) in [6.07, 6.45) is 0. The third-order valence-corrected chi connectivity index (χ3v) is 11.9. The third-order valence-electron chi connectivity index (χ3n) is 7.09. The molecule has 0 saturated heterocycles. The van der Waals surface area contributed by atoms with Gasteiger partial charge >= 0.3 is 0 Å². The van der Waals surface area contributed by atoms with Gasteiger partial charge in [0.1, 0.15) is 23.0 Å². The van der Waals surface area contributed by atoms with E-state index in [0.29, 0.717) is 35.8 Å². The predicted octanol–water partition coefficient (Wildman–Crippen LogP) is 13.0. The minimum Gasteiger partial charge on any atom is -0.506 e. The van der Waals surface area contributed by atoms with Crippen LogP contribution in [-0.4, -0.2) is 20.4 Å². The summed E-state index contributed by atoms with van der Waals surface area (Å²) in [5.74, 6) is -0.101. The Labute approximate surface area is 321 Å². The number of benzene rings is 5. The zero-order valence-corrected chi connectivity index (χ0v) is 34.6. The van der Waals surface area contributed by atoms with Crippen molar-refractivity contribution in [2.75, 3.05) is 0 Å². The highest BCUT2D eigenvalue weighted by Crippen LogP contribution is 2.46. The summed E-state index contributed by atoms with van der Waals surface area (Å²) < 4.78 is 4.39. The third kappa shape index (κ3) is 7.02. The van der Waals surface area contributed by atoms with Gasteiger partial charge in [0.2, 0.25) is 0 Å². The average Bonchev–Trinajstić information content (AvgIpc) is 2.97. The Morgan fingerprint density at radius 3 is 0.614 bits per heavy atom. The molecule has 0 fully saturated rings. The van der Waals surface area contributed by atoms with E-state index in [1.54, 1.807) is 0 Å². The molecule has 0 bridgehead atoms. The molecule has 0 unspecified atom stereocenters. The second-order valence-electron chi connectivity index (χ2n) is 9.87. The van der Waals surface area contributed by atoms with Crippen molar-refractivity contribution in [2.45, 2.75) is 11.8 Å². The molecule has 0 aromatic heterocycles. The molecule has 5 aromatic rings. The maximum absolute atomic E-state index is 10.4. The zero-order chi connectivity index (χ0) is 32.0. The van der Waals surface area contributed by atoms with E-state index in [1.807, 2.05) is 48.5 Å². The van der Waals surface area contributed by atoms with E-state index < -0.39 is 0 Å². The quantitative estimate of drug-likeness (QED) is 0.128. The molecule has 5 rings (SSSR count). The summed E-state index contributed by atoms with van der Waals surface area (Å²) in [6, 6.07) is 23.3. The molecule has 0 saturated carbocycles. The summed E-state index contributed by atoms with van der Waals surface area (Å²) in [7, 11) is 0. The van der Waals surface area contributed by atoms with Crippen molar-refractivity contribution in [3.63, 3.8) is 0 Å². The van der Waals surface area contributed by atoms with Gasteiger partial charge < -0.3 is 20.4 Å². The first-order valence-corrected chi connectivity index (χ1v) is 18.9. The maximum Gasteiger partial charge on any atom is 0.143 e. The summed E-state index contributed by atoms with van der Waals surface area (Å²) in [4.78, 5) is 0. The Balaban J connectivity index is 1.70. The lowest BCUT2D eigenvalue weighted by Gasteiger charge is -2.24. The van der Waals surface area contributed by atoms with Gasteiger partial charge in [-0.1, -0.05) is 24.3 Å². The van der Waals surface area contributed by atoms with E-state index in [4.69, 9.17) is 0 Å². The van der Waals surface area contributed by atoms with E-state index in [1.165, 1.54) is 0 Å². The summed E-state index contributed by atoms with van der Waals surface area (Å²) >= 11 is 27.8. The monoisotopic (exact) mass is 1100 g/mol. The fourth-order valence-corrected chi connectivity index (χ4v) is 9.93. The molecule has 0 aliphatic carbocycles. The molecule has 0 atom stereocenters. The minimum atomic E-state index is -0.266. The Morgan fingerprint density at radius 2 is 0.455 bits per heavy atom. The van der Waals surface area contributed by atoms with Crippen molar-refractivity contribution in [3.8, 4) is 23.0 Å². The van der Waals surface area contributed by atoms with Crippen LogP contribution in [0.3, 0.4) is 0 Å². The van der Waals surface area contributed by atoms with Crippen LogP contribution in [0.2, 0.25) is 0 Å². The topological polar surface area (TPSA) is 80.9 Å². The van der Waals surface area contributed by atoms with Crippen molar-refractivity contribution in [1.29, 1.82) is 0 Å². The predicted molar refractivity (Wildman–Crippen MR) is 202 cm³/mol. The molecule has 5 aromatic carbocycles. The van der Waals surface area contributed by atoms with Gasteiger partial charge in [-0.2, -0.15) is 0 Å². The largest absolute Gasteiger partial charge is 0.506 e. The molecule has 0 heterocycles. The standard InChI is InChI=1S/C32H18Br8O4/c33-19-5-15(6-20(34)29(19)41)27(16-7-21(35)30(42)22(36)8-16)13-1-2-14(4-3-13)28(17-9-23(37)31(43)24(38)10-17)18-11-25(39)32(44)26(40)12-18/h1-12,27-28,41-44H. The zero-order valence-electron chi connectivity index (χ0n) is 21.9. The molecule has 4 nitrogen and oxygen atoms in total. The molecule has 0 amide bonds. The summed E-state index contributed by atoms with van der Waals surface area (Å²) in [5.41, 5.74) is 5.59. The minimum absolute atomic E-state index is 0.108. The Morgan fingerprint density at radius 1 is 0.295 bits per heavy atom. The van der Waals surface area contributed by atoms with E-state index in [0.717, 1.165) is 33.4 Å². The summed E-state index contributed by atoms with van der Waals surface area (Å²) in [6.45, 7) is 0. The second kappa shape index (κ2) is 14.1. The highest BCUT2D eigenvalue weighted by atomic mass is 79.9. The number of phenolic OH excluding ortho intramolecular Hbond substituents is 4. The number of halogens is 8. The molecular weight excluding hydrogens is 1090 g/mol. The van der Waals surface area contributed by atoms with Gasteiger partial charge in [-0.05, 0) is 209 Å². The van der Waals surface area contributed by atoms with Gasteiger partial charge in [0.05, 0.1) is 35.8 Å². The fraction of sp³-hybridized carbons (Fsp3) is 0.0625. The highest BCUT2D eigenvalue weighted by molar-refractivity contribution is 9.12. The van der Waals surface area contributed by atoms with E-state index in [9.17, 15) is 20.4 Å². The molecule has 12 heteroatoms. The second-order valence-corrected chi connectivity index (χ2v) is 16.7. The van der Waals surface area contributed by atoms with Crippen LogP contribution in [-0.2, 0) is 0 Å². The molecule has 0 radical (unpaired) electrons. The number of aromatic hydroxyl groups is 4. The molecule has 4 N–H and O–H groups in total. The Bertz CT molecular complexity index is 1570. The van der Waals surface area contributed by atoms with Gasteiger partial charge in [-0.3, -0.25) is 0 Å². The lowest BCUT2D eigenvalue weighted by atomic mass is 9.81. The van der Waals surface area contributed by atoms with Gasteiger partial charge in [0, 0.05) is 11.8 Å². The van der Waals surface area contributed by atoms with E-state index in [2.05, 4.69) is 152 Å². The van der Waals surface area contributed by atoms with Crippen LogP contribution in [0.4, 0.5) is 0 Å². The highest BCUT2D eigenvalue weighted by Gasteiger charge is 2.25. The summed E-state index contributed by atoms with van der Waals surface area (Å²) in [5, 5.41) is 41.7. The lowest BCUT2D eigenvalue weighted by molar-refractivity contribution is 0.467. The normalized spacial score (nSPS) is 11.5. The SMILES string of the molecule is Oc1c(Br)cc(C(c2ccc(C(c3cc(Br)c(O)c(Br)c3)c3cc(Br)c(O)c(Br)c3)cc2)c2cc(Br)c(O)c(Br)c2)cc1Br. The van der Waals surface area contributed by atoms with Crippen LogP contribution < -0.4 is 0 Å². The van der Waals surface area contributed by atoms with E-state index >= 15 is 0 Å². The Hall–Kier alpha value is -0.860. The first kappa shape index (κ1) is 34.5. The smallest absolute Gasteiger partial charge is 0.143 e. The van der Waals surface area contributed by atoms with Crippen LogP contribution >= 0.6 is 127 Å². The molecule has 44 heavy (non-hydrogen) atoms. The van der Waals surface area contributed by atoms with Gasteiger partial charge in [-0.15, -0.1) is 0 Å². The number of hydrogen-bond donors (Lipinski definition) is 4. The van der Waals surface area contributed by atoms with Crippen molar-refractivity contribution < 1.29 is 20.4 Å². The van der Waals surface area contributed by atoms with Crippen LogP contribution in [0.25, 0.3) is 0 Å². The lowest BCUT2D eigenvalue weighted by Crippen LogP contribution is -2.07. The van der Waals surface area contributed by atoms with Crippen LogP contribution in [0.5, 0.6) is 23.0 Å². The Kier molecular flexibility index (Phi) is 11.0. The van der Waals surface area contributed by atoms with Crippen molar-refractivity contribution >= 4 is 127 Å². The van der Waals surface area contributed by atoms with Crippen LogP contribution in [0, 0.1) is 0 Å². The molecule has 0 aliphatic heterocycles. The maximum atomic E-state index is 10.4.